The van der Waals surface area contributed by atoms with Gasteiger partial charge in [0.1, 0.15) is 0 Å². The van der Waals surface area contributed by atoms with Crippen LogP contribution in [0.5, 0.6) is 0 Å². The molecule has 2 heteroatoms. The highest BCUT2D eigenvalue weighted by atomic mass is 15.0. The van der Waals surface area contributed by atoms with Crippen molar-refractivity contribution in [3.63, 3.8) is 0 Å². The summed E-state index contributed by atoms with van der Waals surface area (Å²) in [4.78, 5) is 0. The molecule has 12 aromatic rings. The van der Waals surface area contributed by atoms with Crippen LogP contribution in [-0.4, -0.2) is 9.13 Å². The van der Waals surface area contributed by atoms with Gasteiger partial charge in [-0.3, -0.25) is 0 Å². The lowest BCUT2D eigenvalue weighted by molar-refractivity contribution is 1.18. The first kappa shape index (κ1) is 32.6. The van der Waals surface area contributed by atoms with Crippen molar-refractivity contribution in [2.24, 2.45) is 0 Å². The molecule has 2 aromatic heterocycles. The summed E-state index contributed by atoms with van der Waals surface area (Å²) in [7, 11) is 0. The Balaban J connectivity index is 1.01. The molecule has 0 aliphatic heterocycles. The smallest absolute Gasteiger partial charge is 0.0546 e. The van der Waals surface area contributed by atoms with Crippen molar-refractivity contribution in [2.45, 2.75) is 0 Å². The zero-order chi connectivity index (χ0) is 38.2. The van der Waals surface area contributed by atoms with Crippen LogP contribution in [-0.2, 0) is 0 Å². The molecule has 0 unspecified atom stereocenters. The van der Waals surface area contributed by atoms with Gasteiger partial charge in [-0.1, -0.05) is 170 Å². The standard InChI is InChI=1S/C56H36N2/c1-2-14-37(15-3-1)38-26-28-39(29-27-38)44-18-8-11-23-51(44)57-52-24-12-9-21-47(52)49-34-40(30-32-54(49)57)41-31-33-55-50(35-41)48-22-10-13-25-53(48)58(55)56-36-42-16-4-5-17-43(42)45-19-6-7-20-46(45)56/h1-36H. The van der Waals surface area contributed by atoms with E-state index in [-0.39, 0.29) is 0 Å². The molecule has 0 saturated carbocycles. The molecule has 270 valence electrons. The van der Waals surface area contributed by atoms with Crippen LogP contribution in [0.15, 0.2) is 218 Å². The molecule has 58 heavy (non-hydrogen) atoms. The summed E-state index contributed by atoms with van der Waals surface area (Å²) in [6.45, 7) is 0. The van der Waals surface area contributed by atoms with Crippen LogP contribution < -0.4 is 0 Å². The Labute approximate surface area is 336 Å². The van der Waals surface area contributed by atoms with E-state index in [9.17, 15) is 0 Å². The SMILES string of the molecule is c1ccc(-c2ccc(-c3ccccc3-n3c4ccccc4c4cc(-c5ccc6c(c5)c5ccccc5n6-c5cc6ccccc6c6ccccc56)ccc43)cc2)cc1. The van der Waals surface area contributed by atoms with Gasteiger partial charge in [0.25, 0.3) is 0 Å². The van der Waals surface area contributed by atoms with Crippen molar-refractivity contribution in [1.29, 1.82) is 0 Å². The Morgan fingerprint density at radius 1 is 0.224 bits per heavy atom. The predicted molar refractivity (Wildman–Crippen MR) is 246 cm³/mol. The van der Waals surface area contributed by atoms with E-state index in [0.29, 0.717) is 0 Å². The van der Waals surface area contributed by atoms with E-state index in [0.717, 1.165) is 0 Å². The van der Waals surface area contributed by atoms with Gasteiger partial charge in [0, 0.05) is 32.5 Å². The fraction of sp³-hybridized carbons (Fsp3) is 0. The van der Waals surface area contributed by atoms with Crippen LogP contribution in [0.1, 0.15) is 0 Å². The van der Waals surface area contributed by atoms with Crippen LogP contribution in [0, 0.1) is 0 Å². The normalized spacial score (nSPS) is 11.8. The minimum atomic E-state index is 1.17. The molecule has 0 radical (unpaired) electrons. The molecule has 0 aliphatic carbocycles. The zero-order valence-corrected chi connectivity index (χ0v) is 31.7. The highest BCUT2D eigenvalue weighted by molar-refractivity contribution is 6.16. The lowest BCUT2D eigenvalue weighted by Gasteiger charge is -2.15. The molecule has 0 fully saturated rings. The van der Waals surface area contributed by atoms with Gasteiger partial charge < -0.3 is 9.13 Å². The predicted octanol–water partition coefficient (Wildman–Crippen LogP) is 15.2. The van der Waals surface area contributed by atoms with Gasteiger partial charge in [-0.05, 0) is 92.5 Å². The van der Waals surface area contributed by atoms with E-state index in [1.54, 1.807) is 0 Å². The second kappa shape index (κ2) is 12.9. The van der Waals surface area contributed by atoms with Gasteiger partial charge in [-0.15, -0.1) is 0 Å². The molecular weight excluding hydrogens is 701 g/mol. The summed E-state index contributed by atoms with van der Waals surface area (Å²) < 4.78 is 4.91. The summed E-state index contributed by atoms with van der Waals surface area (Å²) in [5.41, 5.74) is 14.4. The third-order valence-corrected chi connectivity index (χ3v) is 12.1. The largest absolute Gasteiger partial charge is 0.309 e. The fourth-order valence-electron chi connectivity index (χ4n) is 9.43. The lowest BCUT2D eigenvalue weighted by atomic mass is 9.99. The van der Waals surface area contributed by atoms with Gasteiger partial charge in [0.15, 0.2) is 0 Å². The third kappa shape index (κ3) is 4.99. The number of rotatable bonds is 5. The molecule has 0 spiro atoms. The Kier molecular flexibility index (Phi) is 7.26. The average molecular weight is 737 g/mol. The minimum Gasteiger partial charge on any atom is -0.309 e. The number of para-hydroxylation sites is 3. The molecule has 0 atom stereocenters. The highest BCUT2D eigenvalue weighted by Gasteiger charge is 2.19. The number of nitrogens with zero attached hydrogens (tertiary/aromatic N) is 2. The summed E-state index contributed by atoms with van der Waals surface area (Å²) in [6.07, 6.45) is 0. The molecular formula is C56H36N2. The summed E-state index contributed by atoms with van der Waals surface area (Å²) in [6, 6.07) is 80.0. The van der Waals surface area contributed by atoms with Crippen molar-refractivity contribution < 1.29 is 0 Å². The van der Waals surface area contributed by atoms with Crippen LogP contribution in [0.3, 0.4) is 0 Å². The van der Waals surface area contributed by atoms with Crippen molar-refractivity contribution in [3.05, 3.63) is 218 Å². The Bertz CT molecular complexity index is 3550. The van der Waals surface area contributed by atoms with Crippen LogP contribution in [0.25, 0.3) is 110 Å². The van der Waals surface area contributed by atoms with E-state index in [4.69, 9.17) is 0 Å². The van der Waals surface area contributed by atoms with Gasteiger partial charge in [0.2, 0.25) is 0 Å². The minimum absolute atomic E-state index is 1.17. The second-order valence-corrected chi connectivity index (χ2v) is 15.3. The number of aromatic nitrogens is 2. The van der Waals surface area contributed by atoms with Crippen LogP contribution >= 0.6 is 0 Å². The Morgan fingerprint density at radius 3 is 1.34 bits per heavy atom. The first-order valence-electron chi connectivity index (χ1n) is 20.0. The van der Waals surface area contributed by atoms with Crippen molar-refractivity contribution in [1.82, 2.24) is 9.13 Å². The zero-order valence-electron chi connectivity index (χ0n) is 31.7. The molecule has 12 rings (SSSR count). The van der Waals surface area contributed by atoms with Gasteiger partial charge in [0.05, 0.1) is 33.4 Å². The van der Waals surface area contributed by atoms with Gasteiger partial charge in [-0.2, -0.15) is 0 Å². The maximum Gasteiger partial charge on any atom is 0.0546 e. The van der Waals surface area contributed by atoms with E-state index in [1.165, 1.54) is 110 Å². The maximum absolute atomic E-state index is 2.46. The van der Waals surface area contributed by atoms with E-state index >= 15 is 0 Å². The van der Waals surface area contributed by atoms with E-state index in [1.807, 2.05) is 0 Å². The van der Waals surface area contributed by atoms with Crippen molar-refractivity contribution in [3.8, 4) is 44.8 Å². The first-order chi connectivity index (χ1) is 28.8. The highest BCUT2D eigenvalue weighted by Crippen LogP contribution is 2.41. The van der Waals surface area contributed by atoms with Gasteiger partial charge in [-0.25, -0.2) is 0 Å². The third-order valence-electron chi connectivity index (χ3n) is 12.1. The summed E-state index contributed by atoms with van der Waals surface area (Å²) in [5, 5.41) is 10.0. The number of benzene rings is 10. The average Bonchev–Trinajstić information content (AvgIpc) is 3.81. The molecule has 0 N–H and O–H groups in total. The summed E-state index contributed by atoms with van der Waals surface area (Å²) >= 11 is 0. The Morgan fingerprint density at radius 2 is 0.672 bits per heavy atom. The number of fused-ring (bicyclic) bond motifs is 9. The van der Waals surface area contributed by atoms with Crippen LogP contribution in [0.2, 0.25) is 0 Å². The molecule has 10 aromatic carbocycles. The molecule has 0 bridgehead atoms. The fourth-order valence-corrected chi connectivity index (χ4v) is 9.43. The van der Waals surface area contributed by atoms with Crippen LogP contribution in [0.4, 0.5) is 0 Å². The van der Waals surface area contributed by atoms with E-state index < -0.39 is 0 Å². The van der Waals surface area contributed by atoms with Gasteiger partial charge >= 0.3 is 0 Å². The maximum atomic E-state index is 2.46. The number of hydrogen-bond donors (Lipinski definition) is 0. The lowest BCUT2D eigenvalue weighted by Crippen LogP contribution is -1.97. The molecule has 2 heterocycles. The topological polar surface area (TPSA) is 9.86 Å². The number of hydrogen-bond acceptors (Lipinski definition) is 0. The molecule has 2 nitrogen and oxygen atoms in total. The van der Waals surface area contributed by atoms with Crippen molar-refractivity contribution >= 4 is 65.2 Å². The monoisotopic (exact) mass is 736 g/mol. The summed E-state index contributed by atoms with van der Waals surface area (Å²) in [5.74, 6) is 0. The van der Waals surface area contributed by atoms with E-state index in [2.05, 4.69) is 228 Å². The quantitative estimate of drug-likeness (QED) is 0.156. The molecule has 0 aliphatic rings. The van der Waals surface area contributed by atoms with Crippen molar-refractivity contribution in [2.75, 3.05) is 0 Å². The molecule has 0 amide bonds. The first-order valence-corrected chi connectivity index (χ1v) is 20.0. The Hall–Kier alpha value is -7.68. The second-order valence-electron chi connectivity index (χ2n) is 15.3. The molecule has 0 saturated heterocycles.